The van der Waals surface area contributed by atoms with E-state index < -0.39 is 0 Å². The summed E-state index contributed by atoms with van der Waals surface area (Å²) in [4.78, 5) is 19.6. The van der Waals surface area contributed by atoms with Crippen molar-refractivity contribution in [1.82, 2.24) is 25.0 Å². The second-order valence-electron chi connectivity index (χ2n) is 7.70. The van der Waals surface area contributed by atoms with Crippen LogP contribution in [0.5, 0.6) is 5.88 Å². The van der Waals surface area contributed by atoms with E-state index in [-0.39, 0.29) is 11.8 Å². The number of aryl methyl sites for hydroxylation is 1. The van der Waals surface area contributed by atoms with Crippen LogP contribution >= 0.6 is 0 Å². The molecular weight excluding hydrogens is 418 g/mol. The molecule has 1 amide bonds. The monoisotopic (exact) mass is 439 g/mol. The molecule has 33 heavy (non-hydrogen) atoms. The minimum Gasteiger partial charge on any atom is -0.494 e. The average molecular weight is 439 g/mol. The zero-order chi connectivity index (χ0) is 22.8. The predicted octanol–water partition coefficient (Wildman–Crippen LogP) is 3.92. The molecule has 0 atom stereocenters. The maximum atomic E-state index is 12.3. The van der Waals surface area contributed by atoms with E-state index in [0.29, 0.717) is 23.4 Å². The van der Waals surface area contributed by atoms with Crippen molar-refractivity contribution in [3.05, 3.63) is 89.4 Å². The van der Waals surface area contributed by atoms with Crippen LogP contribution in [0.1, 0.15) is 27.0 Å². The van der Waals surface area contributed by atoms with Gasteiger partial charge in [0.05, 0.1) is 23.5 Å². The Morgan fingerprint density at radius 2 is 2.00 bits per heavy atom. The molecule has 0 aliphatic heterocycles. The summed E-state index contributed by atoms with van der Waals surface area (Å²) in [7, 11) is 1.77. The fourth-order valence-electron chi connectivity index (χ4n) is 3.62. The molecule has 0 fully saturated rings. The van der Waals surface area contributed by atoms with Crippen molar-refractivity contribution in [3.8, 4) is 5.88 Å². The SMILES string of the molecule is Cn1cc(C(=O)Nc2ccc(Cc3ccc4[nH]c(O)c(C=Nc5ccn[nH]5)c4c3)cc2)cn1. The number of amides is 1. The minimum absolute atomic E-state index is 0.0686. The fraction of sp³-hybridized carbons (Fsp3) is 0.0833. The lowest BCUT2D eigenvalue weighted by atomic mass is 10.0. The molecule has 0 aliphatic carbocycles. The number of H-pyrrole nitrogens is 2. The van der Waals surface area contributed by atoms with Crippen LogP contribution < -0.4 is 5.32 Å². The van der Waals surface area contributed by atoms with E-state index in [2.05, 4.69) is 30.6 Å². The quantitative estimate of drug-likeness (QED) is 0.299. The van der Waals surface area contributed by atoms with E-state index in [1.807, 2.05) is 42.5 Å². The molecular formula is C24H21N7O2. The standard InChI is InChI=1S/C24H21N7O2/c1-31-14-17(12-27-31)23(32)28-18-5-2-15(3-6-18)10-16-4-7-21-19(11-16)20(24(33)29-21)13-25-22-8-9-26-30-22/h2-9,11-14,29,33H,10H2,1H3,(H,26,30)(H,28,32). The Morgan fingerprint density at radius 3 is 2.73 bits per heavy atom. The number of benzene rings is 2. The van der Waals surface area contributed by atoms with Crippen molar-refractivity contribution in [1.29, 1.82) is 0 Å². The van der Waals surface area contributed by atoms with Gasteiger partial charge in [-0.05, 0) is 41.8 Å². The summed E-state index contributed by atoms with van der Waals surface area (Å²) in [5.74, 6) is 0.479. The molecule has 5 rings (SSSR count). The van der Waals surface area contributed by atoms with Crippen LogP contribution in [0, 0.1) is 0 Å². The van der Waals surface area contributed by atoms with Gasteiger partial charge in [-0.25, -0.2) is 4.99 Å². The van der Waals surface area contributed by atoms with Crippen LogP contribution in [-0.4, -0.2) is 42.2 Å². The molecule has 0 bridgehead atoms. The van der Waals surface area contributed by atoms with Gasteiger partial charge in [0.25, 0.3) is 5.91 Å². The van der Waals surface area contributed by atoms with Crippen molar-refractivity contribution in [2.24, 2.45) is 12.0 Å². The van der Waals surface area contributed by atoms with Gasteiger partial charge in [0.2, 0.25) is 0 Å². The van der Waals surface area contributed by atoms with Crippen LogP contribution in [0.3, 0.4) is 0 Å². The van der Waals surface area contributed by atoms with Crippen molar-refractivity contribution in [2.75, 3.05) is 5.32 Å². The van der Waals surface area contributed by atoms with Gasteiger partial charge in [-0.3, -0.25) is 14.6 Å². The molecule has 0 spiro atoms. The number of carbonyl (C=O) groups is 1. The Labute approximate surface area is 188 Å². The van der Waals surface area contributed by atoms with Crippen LogP contribution in [0.25, 0.3) is 10.9 Å². The van der Waals surface area contributed by atoms with E-state index in [4.69, 9.17) is 0 Å². The van der Waals surface area contributed by atoms with Crippen LogP contribution in [0.4, 0.5) is 11.5 Å². The Morgan fingerprint density at radius 1 is 1.18 bits per heavy atom. The van der Waals surface area contributed by atoms with Crippen molar-refractivity contribution >= 4 is 34.5 Å². The van der Waals surface area contributed by atoms with Gasteiger partial charge in [-0.15, -0.1) is 0 Å². The molecule has 164 valence electrons. The van der Waals surface area contributed by atoms with Crippen LogP contribution in [-0.2, 0) is 13.5 Å². The normalized spacial score (nSPS) is 11.4. The summed E-state index contributed by atoms with van der Waals surface area (Å²) in [6, 6.07) is 15.5. The molecule has 0 saturated carbocycles. The molecule has 2 aromatic carbocycles. The second-order valence-corrected chi connectivity index (χ2v) is 7.70. The predicted molar refractivity (Wildman–Crippen MR) is 126 cm³/mol. The fourth-order valence-corrected chi connectivity index (χ4v) is 3.62. The number of aromatic amines is 2. The second kappa shape index (κ2) is 8.46. The Hall–Kier alpha value is -4.66. The van der Waals surface area contributed by atoms with Gasteiger partial charge in [-0.1, -0.05) is 18.2 Å². The number of nitrogens with zero attached hydrogens (tertiary/aromatic N) is 4. The Bertz CT molecular complexity index is 1440. The molecule has 3 heterocycles. The number of aromatic nitrogens is 5. The molecule has 0 saturated heterocycles. The molecule has 9 heteroatoms. The summed E-state index contributed by atoms with van der Waals surface area (Å²) < 4.78 is 1.59. The third-order valence-electron chi connectivity index (χ3n) is 5.29. The highest BCUT2D eigenvalue weighted by Crippen LogP contribution is 2.28. The number of hydrogen-bond acceptors (Lipinski definition) is 5. The van der Waals surface area contributed by atoms with Crippen molar-refractivity contribution in [2.45, 2.75) is 6.42 Å². The smallest absolute Gasteiger partial charge is 0.258 e. The van der Waals surface area contributed by atoms with Crippen molar-refractivity contribution in [3.63, 3.8) is 0 Å². The summed E-state index contributed by atoms with van der Waals surface area (Å²) in [6.07, 6.45) is 7.15. The number of fused-ring (bicyclic) bond motifs is 1. The number of aromatic hydroxyl groups is 1. The maximum Gasteiger partial charge on any atom is 0.258 e. The number of hydrogen-bond donors (Lipinski definition) is 4. The highest BCUT2D eigenvalue weighted by atomic mass is 16.3. The van der Waals surface area contributed by atoms with Gasteiger partial charge in [-0.2, -0.15) is 10.2 Å². The molecule has 0 aliphatic rings. The van der Waals surface area contributed by atoms with Gasteiger partial charge in [0.15, 0.2) is 5.88 Å². The third-order valence-corrected chi connectivity index (χ3v) is 5.29. The van der Waals surface area contributed by atoms with E-state index >= 15 is 0 Å². The summed E-state index contributed by atoms with van der Waals surface area (Å²) in [5, 5.41) is 24.7. The first-order valence-corrected chi connectivity index (χ1v) is 10.3. The highest BCUT2D eigenvalue weighted by Gasteiger charge is 2.11. The number of rotatable bonds is 6. The number of aliphatic imine (C=N–C) groups is 1. The maximum absolute atomic E-state index is 12.3. The van der Waals surface area contributed by atoms with Gasteiger partial charge >= 0.3 is 0 Å². The summed E-state index contributed by atoms with van der Waals surface area (Å²) in [6.45, 7) is 0. The lowest BCUT2D eigenvalue weighted by Gasteiger charge is -2.06. The van der Waals surface area contributed by atoms with E-state index in [0.717, 1.165) is 27.7 Å². The zero-order valence-corrected chi connectivity index (χ0v) is 17.8. The first kappa shape index (κ1) is 20.3. The third kappa shape index (κ3) is 4.38. The van der Waals surface area contributed by atoms with Gasteiger partial charge in [0, 0.05) is 42.1 Å². The topological polar surface area (TPSA) is 124 Å². The Kier molecular flexibility index (Phi) is 5.19. The largest absolute Gasteiger partial charge is 0.494 e. The van der Waals surface area contributed by atoms with Crippen LogP contribution in [0.2, 0.25) is 0 Å². The van der Waals surface area contributed by atoms with Gasteiger partial charge < -0.3 is 15.4 Å². The Balaban J connectivity index is 1.32. The minimum atomic E-state index is -0.196. The van der Waals surface area contributed by atoms with E-state index in [9.17, 15) is 9.90 Å². The molecule has 0 unspecified atom stereocenters. The van der Waals surface area contributed by atoms with Crippen molar-refractivity contribution < 1.29 is 9.90 Å². The lowest BCUT2D eigenvalue weighted by Crippen LogP contribution is -2.11. The summed E-state index contributed by atoms with van der Waals surface area (Å²) in [5.41, 5.74) is 4.86. The molecule has 3 aromatic heterocycles. The number of anilines is 1. The van der Waals surface area contributed by atoms with Crippen LogP contribution in [0.15, 0.2) is 72.1 Å². The van der Waals surface area contributed by atoms with E-state index in [1.54, 1.807) is 36.4 Å². The number of carbonyl (C=O) groups excluding carboxylic acids is 1. The molecule has 9 nitrogen and oxygen atoms in total. The summed E-state index contributed by atoms with van der Waals surface area (Å²) >= 11 is 0. The average Bonchev–Trinajstić information content (AvgIpc) is 3.54. The zero-order valence-electron chi connectivity index (χ0n) is 17.8. The molecule has 4 N–H and O–H groups in total. The number of nitrogens with one attached hydrogen (secondary N) is 3. The van der Waals surface area contributed by atoms with Gasteiger partial charge in [0.1, 0.15) is 5.82 Å². The van der Waals surface area contributed by atoms with E-state index in [1.165, 1.54) is 6.20 Å². The molecule has 5 aromatic rings. The molecule has 0 radical (unpaired) electrons. The first-order valence-electron chi connectivity index (χ1n) is 10.3. The first-order chi connectivity index (χ1) is 16.0. The highest BCUT2D eigenvalue weighted by molar-refractivity contribution is 6.04. The lowest BCUT2D eigenvalue weighted by molar-refractivity contribution is 0.102.